The standard InChI is InChI=1S/C16H16N4O/c1-11-19-14(10-15(21)20-11)17-9-7-13-5-2-4-12-6-3-8-18-16(12)13/h2-6,8,10H,7,9H2,1H3,(H2,17,19,20,21). The summed E-state index contributed by atoms with van der Waals surface area (Å²) >= 11 is 0. The highest BCUT2D eigenvalue weighted by atomic mass is 16.1. The van der Waals surface area contributed by atoms with E-state index in [1.54, 1.807) is 13.1 Å². The first-order chi connectivity index (χ1) is 10.2. The lowest BCUT2D eigenvalue weighted by atomic mass is 10.1. The van der Waals surface area contributed by atoms with Gasteiger partial charge in [-0.25, -0.2) is 4.98 Å². The first kappa shape index (κ1) is 13.3. The Morgan fingerprint density at radius 1 is 1.24 bits per heavy atom. The van der Waals surface area contributed by atoms with E-state index in [9.17, 15) is 4.79 Å². The predicted molar refractivity (Wildman–Crippen MR) is 83.5 cm³/mol. The van der Waals surface area contributed by atoms with Crippen molar-refractivity contribution in [1.29, 1.82) is 0 Å². The predicted octanol–water partition coefficient (Wildman–Crippen LogP) is 2.28. The summed E-state index contributed by atoms with van der Waals surface area (Å²) in [4.78, 5) is 22.7. The van der Waals surface area contributed by atoms with Gasteiger partial charge in [0.05, 0.1) is 5.52 Å². The molecule has 0 unspecified atom stereocenters. The number of aromatic nitrogens is 3. The lowest BCUT2D eigenvalue weighted by molar-refractivity contribution is 0.971. The zero-order valence-corrected chi connectivity index (χ0v) is 11.8. The third kappa shape index (κ3) is 3.08. The van der Waals surface area contributed by atoms with Crippen LogP contribution in [0.1, 0.15) is 11.4 Å². The third-order valence-corrected chi connectivity index (χ3v) is 3.28. The molecule has 0 bridgehead atoms. The number of benzene rings is 1. The van der Waals surface area contributed by atoms with Crippen molar-refractivity contribution in [3.05, 3.63) is 64.3 Å². The third-order valence-electron chi connectivity index (χ3n) is 3.28. The zero-order valence-electron chi connectivity index (χ0n) is 11.8. The van der Waals surface area contributed by atoms with Crippen LogP contribution >= 0.6 is 0 Å². The van der Waals surface area contributed by atoms with Crippen molar-refractivity contribution in [3.8, 4) is 0 Å². The number of H-pyrrole nitrogens is 1. The van der Waals surface area contributed by atoms with Crippen molar-refractivity contribution in [2.45, 2.75) is 13.3 Å². The zero-order chi connectivity index (χ0) is 14.7. The number of aryl methyl sites for hydroxylation is 1. The van der Waals surface area contributed by atoms with Gasteiger partial charge in [-0.05, 0) is 25.0 Å². The Morgan fingerprint density at radius 2 is 2.10 bits per heavy atom. The van der Waals surface area contributed by atoms with Crippen molar-refractivity contribution in [3.63, 3.8) is 0 Å². The molecule has 2 aromatic heterocycles. The molecule has 0 atom stereocenters. The summed E-state index contributed by atoms with van der Waals surface area (Å²) in [6.07, 6.45) is 2.63. The Bertz CT molecular complexity index is 820. The molecule has 3 aromatic rings. The second kappa shape index (κ2) is 5.75. The van der Waals surface area contributed by atoms with Crippen molar-refractivity contribution < 1.29 is 0 Å². The van der Waals surface area contributed by atoms with E-state index in [2.05, 4.69) is 38.5 Å². The van der Waals surface area contributed by atoms with E-state index >= 15 is 0 Å². The van der Waals surface area contributed by atoms with Crippen LogP contribution in [0.5, 0.6) is 0 Å². The van der Waals surface area contributed by atoms with Gasteiger partial charge in [0.25, 0.3) is 5.56 Å². The van der Waals surface area contributed by atoms with Crippen molar-refractivity contribution in [2.24, 2.45) is 0 Å². The first-order valence-corrected chi connectivity index (χ1v) is 6.87. The van der Waals surface area contributed by atoms with Crippen LogP contribution < -0.4 is 10.9 Å². The Balaban J connectivity index is 1.73. The molecule has 0 radical (unpaired) electrons. The molecule has 3 rings (SSSR count). The Hall–Kier alpha value is -2.69. The SMILES string of the molecule is Cc1nc(NCCc2cccc3cccnc23)cc(=O)[nH]1. The van der Waals surface area contributed by atoms with Crippen LogP contribution in [0.3, 0.4) is 0 Å². The van der Waals surface area contributed by atoms with E-state index in [0.717, 1.165) is 17.3 Å². The van der Waals surface area contributed by atoms with Gasteiger partial charge < -0.3 is 10.3 Å². The van der Waals surface area contributed by atoms with Gasteiger partial charge in [0.1, 0.15) is 11.6 Å². The Labute approximate surface area is 122 Å². The van der Waals surface area contributed by atoms with Crippen molar-refractivity contribution in [1.82, 2.24) is 15.0 Å². The number of hydrogen-bond acceptors (Lipinski definition) is 4. The monoisotopic (exact) mass is 280 g/mol. The summed E-state index contributed by atoms with van der Waals surface area (Å²) in [5, 5.41) is 4.32. The summed E-state index contributed by atoms with van der Waals surface area (Å²) in [7, 11) is 0. The lowest BCUT2D eigenvalue weighted by Gasteiger charge is -2.08. The first-order valence-electron chi connectivity index (χ1n) is 6.87. The van der Waals surface area contributed by atoms with Crippen LogP contribution in [0.25, 0.3) is 10.9 Å². The molecular weight excluding hydrogens is 264 g/mol. The van der Waals surface area contributed by atoms with E-state index in [1.165, 1.54) is 11.6 Å². The minimum Gasteiger partial charge on any atom is -0.370 e. The van der Waals surface area contributed by atoms with Crippen LogP contribution in [-0.2, 0) is 6.42 Å². The lowest BCUT2D eigenvalue weighted by Crippen LogP contribution is -2.13. The smallest absolute Gasteiger partial charge is 0.252 e. The number of para-hydroxylation sites is 1. The fourth-order valence-electron chi connectivity index (χ4n) is 2.36. The quantitative estimate of drug-likeness (QED) is 0.769. The molecule has 1 aromatic carbocycles. The molecule has 5 heteroatoms. The maximum Gasteiger partial charge on any atom is 0.252 e. The summed E-state index contributed by atoms with van der Waals surface area (Å²) in [6.45, 7) is 2.47. The Kier molecular flexibility index (Phi) is 3.64. The van der Waals surface area contributed by atoms with E-state index in [1.807, 2.05) is 12.1 Å². The summed E-state index contributed by atoms with van der Waals surface area (Å²) < 4.78 is 0. The molecule has 0 fully saturated rings. The maximum absolute atomic E-state index is 11.4. The van der Waals surface area contributed by atoms with E-state index in [-0.39, 0.29) is 5.56 Å². The normalized spacial score (nSPS) is 10.7. The van der Waals surface area contributed by atoms with Crippen LogP contribution in [0.15, 0.2) is 47.4 Å². The molecule has 0 aliphatic rings. The molecule has 2 heterocycles. The molecule has 0 saturated heterocycles. The summed E-state index contributed by atoms with van der Waals surface area (Å²) in [5.41, 5.74) is 2.07. The molecule has 0 amide bonds. The number of aromatic amines is 1. The number of hydrogen-bond donors (Lipinski definition) is 2. The van der Waals surface area contributed by atoms with Crippen LogP contribution in [0.2, 0.25) is 0 Å². The fraction of sp³-hybridized carbons (Fsp3) is 0.188. The largest absolute Gasteiger partial charge is 0.370 e. The van der Waals surface area contributed by atoms with Crippen LogP contribution in [-0.4, -0.2) is 21.5 Å². The van der Waals surface area contributed by atoms with Gasteiger partial charge >= 0.3 is 0 Å². The average Bonchev–Trinajstić information content (AvgIpc) is 2.46. The van der Waals surface area contributed by atoms with Crippen molar-refractivity contribution >= 4 is 16.7 Å². The van der Waals surface area contributed by atoms with Crippen molar-refractivity contribution in [2.75, 3.05) is 11.9 Å². The van der Waals surface area contributed by atoms with Crippen LogP contribution in [0, 0.1) is 6.92 Å². The van der Waals surface area contributed by atoms with Gasteiger partial charge in [0.2, 0.25) is 0 Å². The van der Waals surface area contributed by atoms with Gasteiger partial charge in [-0.1, -0.05) is 24.3 Å². The second-order valence-electron chi connectivity index (χ2n) is 4.89. The van der Waals surface area contributed by atoms with Gasteiger partial charge in [0.15, 0.2) is 0 Å². The number of nitrogens with one attached hydrogen (secondary N) is 2. The molecule has 0 saturated carbocycles. The maximum atomic E-state index is 11.4. The molecular formula is C16H16N4O. The number of nitrogens with zero attached hydrogens (tertiary/aromatic N) is 2. The molecule has 0 aliphatic carbocycles. The molecule has 21 heavy (non-hydrogen) atoms. The molecule has 5 nitrogen and oxygen atoms in total. The Morgan fingerprint density at radius 3 is 2.95 bits per heavy atom. The number of pyridine rings is 1. The second-order valence-corrected chi connectivity index (χ2v) is 4.89. The van der Waals surface area contributed by atoms with Crippen LogP contribution in [0.4, 0.5) is 5.82 Å². The van der Waals surface area contributed by atoms with Gasteiger partial charge in [-0.2, -0.15) is 0 Å². The van der Waals surface area contributed by atoms with E-state index in [0.29, 0.717) is 18.2 Å². The number of fused-ring (bicyclic) bond motifs is 1. The molecule has 2 N–H and O–H groups in total. The molecule has 0 spiro atoms. The minimum atomic E-state index is -0.142. The van der Waals surface area contributed by atoms with Gasteiger partial charge in [-0.3, -0.25) is 9.78 Å². The highest BCUT2D eigenvalue weighted by Crippen LogP contribution is 2.16. The molecule has 0 aliphatic heterocycles. The van der Waals surface area contributed by atoms with E-state index < -0.39 is 0 Å². The minimum absolute atomic E-state index is 0.142. The van der Waals surface area contributed by atoms with E-state index in [4.69, 9.17) is 0 Å². The highest BCUT2D eigenvalue weighted by Gasteiger charge is 2.02. The number of rotatable bonds is 4. The number of anilines is 1. The topological polar surface area (TPSA) is 70.7 Å². The molecule has 106 valence electrons. The van der Waals surface area contributed by atoms with Gasteiger partial charge in [-0.15, -0.1) is 0 Å². The average molecular weight is 280 g/mol. The fourth-order valence-corrected chi connectivity index (χ4v) is 2.36. The van der Waals surface area contributed by atoms with Gasteiger partial charge in [0, 0.05) is 24.2 Å². The summed E-state index contributed by atoms with van der Waals surface area (Å²) in [5.74, 6) is 1.21. The summed E-state index contributed by atoms with van der Waals surface area (Å²) in [6, 6.07) is 11.6. The highest BCUT2D eigenvalue weighted by molar-refractivity contribution is 5.81.